The van der Waals surface area contributed by atoms with E-state index in [1.54, 1.807) is 18.2 Å². The SMILES string of the molecule is CC(C)NC(=O)CN(C)S(=O)(=O)c1ccc2ccccc2c1. The molecule has 1 N–H and O–H groups in total. The second-order valence-corrected chi connectivity index (χ2v) is 7.54. The van der Waals surface area contributed by atoms with Crippen LogP contribution in [0.25, 0.3) is 10.8 Å². The summed E-state index contributed by atoms with van der Waals surface area (Å²) in [5, 5.41) is 4.51. The number of benzene rings is 2. The lowest BCUT2D eigenvalue weighted by Gasteiger charge is -2.18. The first-order valence-corrected chi connectivity index (χ1v) is 8.49. The summed E-state index contributed by atoms with van der Waals surface area (Å²) in [6, 6.07) is 12.5. The van der Waals surface area contributed by atoms with Crippen LogP contribution in [0.5, 0.6) is 0 Å². The first-order valence-electron chi connectivity index (χ1n) is 7.05. The molecule has 2 aromatic rings. The second-order valence-electron chi connectivity index (χ2n) is 5.49. The molecule has 22 heavy (non-hydrogen) atoms. The maximum Gasteiger partial charge on any atom is 0.243 e. The molecular formula is C16H20N2O3S. The number of sulfonamides is 1. The zero-order valence-electron chi connectivity index (χ0n) is 12.9. The van der Waals surface area contributed by atoms with Gasteiger partial charge in [-0.05, 0) is 36.8 Å². The van der Waals surface area contributed by atoms with Crippen LogP contribution in [0.4, 0.5) is 0 Å². The van der Waals surface area contributed by atoms with Gasteiger partial charge in [0.05, 0.1) is 11.4 Å². The summed E-state index contributed by atoms with van der Waals surface area (Å²) in [4.78, 5) is 11.9. The van der Waals surface area contributed by atoms with Crippen LogP contribution in [0.1, 0.15) is 13.8 Å². The lowest BCUT2D eigenvalue weighted by atomic mass is 10.1. The molecule has 0 unspecified atom stereocenters. The van der Waals surface area contributed by atoms with Crippen molar-refractivity contribution in [2.75, 3.05) is 13.6 Å². The van der Waals surface area contributed by atoms with Gasteiger partial charge in [0.25, 0.3) is 0 Å². The van der Waals surface area contributed by atoms with E-state index in [0.29, 0.717) is 0 Å². The Balaban J connectivity index is 2.25. The van der Waals surface area contributed by atoms with Gasteiger partial charge in [-0.15, -0.1) is 0 Å². The summed E-state index contributed by atoms with van der Waals surface area (Å²) in [5.41, 5.74) is 0. The molecule has 0 fully saturated rings. The molecule has 0 aromatic heterocycles. The molecule has 0 spiro atoms. The van der Waals surface area contributed by atoms with Crippen molar-refractivity contribution < 1.29 is 13.2 Å². The molecule has 0 aliphatic heterocycles. The summed E-state index contributed by atoms with van der Waals surface area (Å²) < 4.78 is 26.2. The van der Waals surface area contributed by atoms with Gasteiger partial charge in [0, 0.05) is 13.1 Å². The number of carbonyl (C=O) groups is 1. The Morgan fingerprint density at radius 3 is 2.41 bits per heavy atom. The van der Waals surface area contributed by atoms with Crippen molar-refractivity contribution in [3.05, 3.63) is 42.5 Å². The van der Waals surface area contributed by atoms with E-state index in [2.05, 4.69) is 5.32 Å². The van der Waals surface area contributed by atoms with E-state index in [-0.39, 0.29) is 23.4 Å². The zero-order valence-corrected chi connectivity index (χ0v) is 13.7. The highest BCUT2D eigenvalue weighted by Crippen LogP contribution is 2.21. The largest absolute Gasteiger partial charge is 0.353 e. The number of nitrogens with one attached hydrogen (secondary N) is 1. The van der Waals surface area contributed by atoms with Crippen molar-refractivity contribution in [2.45, 2.75) is 24.8 Å². The minimum atomic E-state index is -3.69. The summed E-state index contributed by atoms with van der Waals surface area (Å²) in [6.07, 6.45) is 0. The van der Waals surface area contributed by atoms with Gasteiger partial charge in [0.1, 0.15) is 0 Å². The molecule has 0 saturated heterocycles. The van der Waals surface area contributed by atoms with E-state index in [9.17, 15) is 13.2 Å². The topological polar surface area (TPSA) is 66.5 Å². The van der Waals surface area contributed by atoms with Gasteiger partial charge in [0.2, 0.25) is 15.9 Å². The first kappa shape index (κ1) is 16.5. The molecular weight excluding hydrogens is 300 g/mol. The first-order chi connectivity index (χ1) is 10.3. The van der Waals surface area contributed by atoms with Gasteiger partial charge in [-0.25, -0.2) is 8.42 Å². The van der Waals surface area contributed by atoms with Crippen molar-refractivity contribution in [3.8, 4) is 0 Å². The van der Waals surface area contributed by atoms with E-state index in [4.69, 9.17) is 0 Å². The number of rotatable bonds is 5. The molecule has 1 amide bonds. The summed E-state index contributed by atoms with van der Waals surface area (Å²) in [7, 11) is -2.28. The molecule has 0 aliphatic carbocycles. The molecule has 118 valence electrons. The predicted octanol–water partition coefficient (Wildman–Crippen LogP) is 1.98. The van der Waals surface area contributed by atoms with Crippen LogP contribution in [0.3, 0.4) is 0 Å². The molecule has 0 aliphatic rings. The van der Waals surface area contributed by atoms with Gasteiger partial charge in [-0.3, -0.25) is 4.79 Å². The van der Waals surface area contributed by atoms with Crippen LogP contribution >= 0.6 is 0 Å². The molecule has 0 atom stereocenters. The molecule has 0 saturated carbocycles. The fraction of sp³-hybridized carbons (Fsp3) is 0.312. The number of likely N-dealkylation sites (N-methyl/N-ethyl adjacent to an activating group) is 1. The standard InChI is InChI=1S/C16H20N2O3S/c1-12(2)17-16(19)11-18(3)22(20,21)15-9-8-13-6-4-5-7-14(13)10-15/h4-10,12H,11H2,1-3H3,(H,17,19). The Kier molecular flexibility index (Phi) is 4.83. The monoisotopic (exact) mass is 320 g/mol. The number of fused-ring (bicyclic) bond motifs is 1. The van der Waals surface area contributed by atoms with Gasteiger partial charge in [0.15, 0.2) is 0 Å². The number of hydrogen-bond donors (Lipinski definition) is 1. The molecule has 0 heterocycles. The fourth-order valence-electron chi connectivity index (χ4n) is 2.16. The van der Waals surface area contributed by atoms with E-state index in [1.165, 1.54) is 7.05 Å². The third kappa shape index (κ3) is 3.64. The highest BCUT2D eigenvalue weighted by Gasteiger charge is 2.23. The minimum absolute atomic E-state index is 0.0238. The van der Waals surface area contributed by atoms with Gasteiger partial charge in [-0.1, -0.05) is 30.3 Å². The fourth-order valence-corrected chi connectivity index (χ4v) is 3.33. The minimum Gasteiger partial charge on any atom is -0.353 e. The highest BCUT2D eigenvalue weighted by atomic mass is 32.2. The molecule has 6 heteroatoms. The Bertz CT molecular complexity index is 785. The average molecular weight is 320 g/mol. The summed E-state index contributed by atoms with van der Waals surface area (Å²) in [5.74, 6) is -0.318. The van der Waals surface area contributed by atoms with Crippen molar-refractivity contribution >= 4 is 26.7 Å². The van der Waals surface area contributed by atoms with Gasteiger partial charge in [-0.2, -0.15) is 4.31 Å². The maximum atomic E-state index is 12.5. The van der Waals surface area contributed by atoms with Gasteiger partial charge < -0.3 is 5.32 Å². The quantitative estimate of drug-likeness (QED) is 0.916. The predicted molar refractivity (Wildman–Crippen MR) is 87.0 cm³/mol. The van der Waals surface area contributed by atoms with Crippen LogP contribution in [0, 0.1) is 0 Å². The van der Waals surface area contributed by atoms with Crippen LogP contribution in [-0.2, 0) is 14.8 Å². The molecule has 0 radical (unpaired) electrons. The van der Waals surface area contributed by atoms with Crippen molar-refractivity contribution in [2.24, 2.45) is 0 Å². The number of hydrogen-bond acceptors (Lipinski definition) is 3. The second kappa shape index (κ2) is 6.46. The van der Waals surface area contributed by atoms with Crippen molar-refractivity contribution in [1.29, 1.82) is 0 Å². The highest BCUT2D eigenvalue weighted by molar-refractivity contribution is 7.89. The molecule has 0 bridgehead atoms. The molecule has 2 aromatic carbocycles. The number of nitrogens with zero attached hydrogens (tertiary/aromatic N) is 1. The van der Waals surface area contributed by atoms with Crippen molar-refractivity contribution in [1.82, 2.24) is 9.62 Å². The van der Waals surface area contributed by atoms with Gasteiger partial charge >= 0.3 is 0 Å². The average Bonchev–Trinajstić information content (AvgIpc) is 2.45. The third-order valence-electron chi connectivity index (χ3n) is 3.25. The van der Waals surface area contributed by atoms with E-state index in [0.717, 1.165) is 15.1 Å². The van der Waals surface area contributed by atoms with E-state index in [1.807, 2.05) is 38.1 Å². The number of carbonyl (C=O) groups excluding carboxylic acids is 1. The summed E-state index contributed by atoms with van der Waals surface area (Å²) >= 11 is 0. The zero-order chi connectivity index (χ0) is 16.3. The smallest absolute Gasteiger partial charge is 0.243 e. The lowest BCUT2D eigenvalue weighted by molar-refractivity contribution is -0.121. The van der Waals surface area contributed by atoms with E-state index < -0.39 is 10.0 Å². The van der Waals surface area contributed by atoms with Crippen LogP contribution < -0.4 is 5.32 Å². The Hall–Kier alpha value is -1.92. The van der Waals surface area contributed by atoms with Crippen molar-refractivity contribution in [3.63, 3.8) is 0 Å². The normalized spacial score (nSPS) is 12.0. The van der Waals surface area contributed by atoms with Crippen LogP contribution in [0.2, 0.25) is 0 Å². The van der Waals surface area contributed by atoms with E-state index >= 15 is 0 Å². The Morgan fingerprint density at radius 2 is 1.77 bits per heavy atom. The summed E-state index contributed by atoms with van der Waals surface area (Å²) in [6.45, 7) is 3.46. The third-order valence-corrected chi connectivity index (χ3v) is 5.04. The molecule has 5 nitrogen and oxygen atoms in total. The lowest BCUT2D eigenvalue weighted by Crippen LogP contribution is -2.40. The molecule has 2 rings (SSSR count). The number of amides is 1. The Morgan fingerprint density at radius 1 is 1.14 bits per heavy atom. The van der Waals surface area contributed by atoms with Crippen LogP contribution in [0.15, 0.2) is 47.4 Å². The Labute approximate surface area is 131 Å². The maximum absolute atomic E-state index is 12.5. The van der Waals surface area contributed by atoms with Crippen LogP contribution in [-0.4, -0.2) is 38.3 Å².